The minimum atomic E-state index is -0.130. The van der Waals surface area contributed by atoms with Crippen molar-refractivity contribution >= 4 is 78.5 Å². The Kier molecular flexibility index (Phi) is 11.2. The fourth-order valence-corrected chi connectivity index (χ4v) is 17.3. The second-order valence-corrected chi connectivity index (χ2v) is 25.8. The standard InChI is InChI=1S/C90H50B2N2/c93-51-53-39-75-63-35-20-22-38-80(63)92-82-50-74-70(84-67(59-31-15-5-16-32-59)45-62(56-25-9-2-10-26-56)46-68(84)60-33-17-6-18-34-60)48-72-78-42-54(52-94)40-76-64-36-19-21-37-79(64)91(90(76)78)81-49-73-69(47-71(77(41-53)89(75)92)85(82)87(73)88(74)86(72)81)83-65(57-27-11-3-12-28-57)43-61(55-23-7-1-8-24-55)44-66(83)58-29-13-4-14-30-58/h1-50H. The molecule has 4 heteroatoms. The lowest BCUT2D eigenvalue weighted by molar-refractivity contribution is 1.49. The minimum absolute atomic E-state index is 0.130. The van der Waals surface area contributed by atoms with E-state index in [1.54, 1.807) is 0 Å². The van der Waals surface area contributed by atoms with E-state index in [4.69, 9.17) is 0 Å². The highest BCUT2D eigenvalue weighted by atomic mass is 14.4. The molecule has 4 aliphatic heterocycles. The van der Waals surface area contributed by atoms with Crippen LogP contribution in [0.2, 0.25) is 0 Å². The van der Waals surface area contributed by atoms with E-state index in [0.29, 0.717) is 11.1 Å². The lowest BCUT2D eigenvalue weighted by Crippen LogP contribution is -2.53. The van der Waals surface area contributed by atoms with Crippen LogP contribution in [0.1, 0.15) is 11.1 Å². The predicted octanol–water partition coefficient (Wildman–Crippen LogP) is 18.6. The van der Waals surface area contributed by atoms with E-state index in [2.05, 4.69) is 315 Å². The van der Waals surface area contributed by atoms with Crippen LogP contribution in [-0.2, 0) is 0 Å². The number of rotatable bonds is 8. The highest BCUT2D eigenvalue weighted by molar-refractivity contribution is 7.03. The van der Waals surface area contributed by atoms with Gasteiger partial charge in [-0.05, 0) is 227 Å². The molecule has 0 aromatic heterocycles. The van der Waals surface area contributed by atoms with Crippen molar-refractivity contribution in [3.05, 3.63) is 314 Å². The Balaban J connectivity index is 1.05. The number of benzene rings is 16. The zero-order chi connectivity index (χ0) is 61.9. The van der Waals surface area contributed by atoms with E-state index >= 15 is 0 Å². The molecule has 0 amide bonds. The molecule has 0 bridgehead atoms. The number of fused-ring (bicyclic) bond motifs is 10. The Labute approximate surface area is 545 Å². The molecule has 2 nitrogen and oxygen atoms in total. The van der Waals surface area contributed by atoms with Crippen LogP contribution in [0, 0.1) is 22.7 Å². The smallest absolute Gasteiger partial charge is 0.192 e. The van der Waals surface area contributed by atoms with Gasteiger partial charge in [0.2, 0.25) is 13.4 Å². The summed E-state index contributed by atoms with van der Waals surface area (Å²) in [6.45, 7) is -0.260. The SMILES string of the molecule is N#Cc1cc2c3c(c1)-c1cc(-c4c(-c5ccccc5)cc(-c5ccccc5)cc4-c4ccccc4)c4cc5c6c(cc(-c7c(-c8ccccc8)cc(-c8ccccc8)cc7-c7ccccc7)c7cc(c1c4c76)B3c1ccccc1-2)-c1cc(C#N)cc2c1B5c1ccccc1-2. The zero-order valence-corrected chi connectivity index (χ0v) is 50.9. The van der Waals surface area contributed by atoms with E-state index in [9.17, 15) is 10.5 Å². The molecule has 4 aliphatic rings. The average molecular weight is 1180 g/mol. The topological polar surface area (TPSA) is 47.6 Å². The second kappa shape index (κ2) is 20.1. The quantitative estimate of drug-likeness (QED) is 0.112. The minimum Gasteiger partial charge on any atom is -0.192 e. The molecule has 4 heterocycles. The Morgan fingerprint density at radius 3 is 0.809 bits per heavy atom. The van der Waals surface area contributed by atoms with Gasteiger partial charge >= 0.3 is 0 Å². The van der Waals surface area contributed by atoms with Gasteiger partial charge in [0.1, 0.15) is 0 Å². The van der Waals surface area contributed by atoms with Gasteiger partial charge < -0.3 is 0 Å². The van der Waals surface area contributed by atoms with E-state index in [1.807, 2.05) is 0 Å². The van der Waals surface area contributed by atoms with Crippen LogP contribution in [0.4, 0.5) is 0 Å². The first-order valence-corrected chi connectivity index (χ1v) is 32.5. The van der Waals surface area contributed by atoms with E-state index in [-0.39, 0.29) is 13.4 Å². The highest BCUT2D eigenvalue weighted by Gasteiger charge is 2.45. The number of hydrogen-bond acceptors (Lipinski definition) is 2. The molecule has 16 aromatic carbocycles. The van der Waals surface area contributed by atoms with Crippen molar-refractivity contribution in [3.8, 4) is 146 Å². The van der Waals surface area contributed by atoms with Gasteiger partial charge in [0.15, 0.2) is 0 Å². The third kappa shape index (κ3) is 7.43. The van der Waals surface area contributed by atoms with Gasteiger partial charge in [-0.3, -0.25) is 0 Å². The normalized spacial score (nSPS) is 12.4. The maximum Gasteiger partial charge on any atom is 0.244 e. The van der Waals surface area contributed by atoms with Crippen LogP contribution < -0.4 is 32.8 Å². The predicted molar refractivity (Wildman–Crippen MR) is 394 cm³/mol. The summed E-state index contributed by atoms with van der Waals surface area (Å²) < 4.78 is 0. The van der Waals surface area contributed by atoms with Crippen molar-refractivity contribution in [2.24, 2.45) is 0 Å². The van der Waals surface area contributed by atoms with Crippen LogP contribution >= 0.6 is 0 Å². The van der Waals surface area contributed by atoms with Crippen LogP contribution in [0.25, 0.3) is 166 Å². The van der Waals surface area contributed by atoms with Crippen molar-refractivity contribution in [2.75, 3.05) is 0 Å². The lowest BCUT2D eigenvalue weighted by atomic mass is 9.34. The molecule has 0 atom stereocenters. The molecule has 0 spiro atoms. The van der Waals surface area contributed by atoms with Gasteiger partial charge in [0, 0.05) is 0 Å². The van der Waals surface area contributed by atoms with E-state index in [0.717, 1.165) is 122 Å². The van der Waals surface area contributed by atoms with Crippen LogP contribution in [0.15, 0.2) is 303 Å². The molecule has 0 radical (unpaired) electrons. The van der Waals surface area contributed by atoms with Crippen molar-refractivity contribution in [1.82, 2.24) is 0 Å². The van der Waals surface area contributed by atoms with Crippen LogP contribution in [0.5, 0.6) is 0 Å². The Morgan fingerprint density at radius 2 is 0.489 bits per heavy atom. The molecule has 0 aliphatic carbocycles. The molecule has 0 unspecified atom stereocenters. The van der Waals surface area contributed by atoms with Gasteiger partial charge in [-0.2, -0.15) is 10.5 Å². The third-order valence-electron chi connectivity index (χ3n) is 21.1. The summed E-state index contributed by atoms with van der Waals surface area (Å²) in [6.07, 6.45) is 0. The second-order valence-electron chi connectivity index (χ2n) is 25.8. The molecular weight excluding hydrogens is 1130 g/mol. The van der Waals surface area contributed by atoms with Crippen molar-refractivity contribution in [3.63, 3.8) is 0 Å². The summed E-state index contributed by atoms with van der Waals surface area (Å²) in [6, 6.07) is 118. The molecule has 94 heavy (non-hydrogen) atoms. The molecule has 426 valence electrons. The number of nitrogens with zero attached hydrogens (tertiary/aromatic N) is 2. The molecule has 0 N–H and O–H groups in total. The fourth-order valence-electron chi connectivity index (χ4n) is 17.3. The van der Waals surface area contributed by atoms with Crippen LogP contribution in [-0.4, -0.2) is 13.4 Å². The maximum atomic E-state index is 11.2. The Bertz CT molecular complexity index is 5530. The fraction of sp³-hybridized carbons (Fsp3) is 0. The summed E-state index contributed by atoms with van der Waals surface area (Å²) in [5.41, 5.74) is 36.0. The summed E-state index contributed by atoms with van der Waals surface area (Å²) >= 11 is 0. The first-order chi connectivity index (χ1) is 46.6. The van der Waals surface area contributed by atoms with E-state index < -0.39 is 0 Å². The third-order valence-corrected chi connectivity index (χ3v) is 21.1. The van der Waals surface area contributed by atoms with Crippen molar-refractivity contribution in [2.45, 2.75) is 0 Å². The lowest BCUT2D eigenvalue weighted by Gasteiger charge is -2.33. The number of nitriles is 2. The Hall–Kier alpha value is -12.3. The van der Waals surface area contributed by atoms with Gasteiger partial charge in [-0.15, -0.1) is 0 Å². The monoisotopic (exact) mass is 1180 g/mol. The van der Waals surface area contributed by atoms with Gasteiger partial charge in [-0.25, -0.2) is 0 Å². The van der Waals surface area contributed by atoms with Crippen LogP contribution in [0.3, 0.4) is 0 Å². The maximum absolute atomic E-state index is 11.2. The van der Waals surface area contributed by atoms with Gasteiger partial charge in [-0.1, -0.05) is 275 Å². The van der Waals surface area contributed by atoms with Gasteiger partial charge in [0.05, 0.1) is 23.3 Å². The highest BCUT2D eigenvalue weighted by Crippen LogP contribution is 2.56. The molecule has 16 aromatic rings. The zero-order valence-electron chi connectivity index (χ0n) is 50.9. The summed E-state index contributed by atoms with van der Waals surface area (Å²) in [5, 5.41) is 29.6. The average Bonchev–Trinajstić information content (AvgIpc) is 1.15. The number of hydrogen-bond donors (Lipinski definition) is 0. The Morgan fingerprint density at radius 1 is 0.202 bits per heavy atom. The molecule has 0 saturated carbocycles. The molecule has 0 saturated heterocycles. The first kappa shape index (κ1) is 52.4. The molecular formula is C90H50B2N2. The van der Waals surface area contributed by atoms with Crippen molar-refractivity contribution < 1.29 is 0 Å². The summed E-state index contributed by atoms with van der Waals surface area (Å²) in [5.74, 6) is 0. The first-order valence-electron chi connectivity index (χ1n) is 32.5. The largest absolute Gasteiger partial charge is 0.244 e. The summed E-state index contributed by atoms with van der Waals surface area (Å²) in [7, 11) is 0. The van der Waals surface area contributed by atoms with Gasteiger partial charge in [0.25, 0.3) is 0 Å². The summed E-state index contributed by atoms with van der Waals surface area (Å²) in [4.78, 5) is 0. The molecule has 20 rings (SSSR count). The molecule has 0 fully saturated rings. The van der Waals surface area contributed by atoms with Crippen molar-refractivity contribution in [1.29, 1.82) is 10.5 Å². The van der Waals surface area contributed by atoms with E-state index in [1.165, 1.54) is 76.2 Å².